The Bertz CT molecular complexity index is 542. The van der Waals surface area contributed by atoms with Gasteiger partial charge in [0.1, 0.15) is 0 Å². The summed E-state index contributed by atoms with van der Waals surface area (Å²) in [7, 11) is 0. The number of nitrogens with one attached hydrogen (secondary N) is 1. The zero-order valence-electron chi connectivity index (χ0n) is 9.71. The quantitative estimate of drug-likeness (QED) is 0.737. The van der Waals surface area contributed by atoms with Crippen molar-refractivity contribution in [2.24, 2.45) is 0 Å². The molecular weight excluding hydrogens is 353 g/mol. The normalized spacial score (nSPS) is 12.7. The number of benzene rings is 1. The molecule has 0 aliphatic rings. The van der Waals surface area contributed by atoms with E-state index in [4.69, 9.17) is 23.2 Å². The van der Waals surface area contributed by atoms with E-state index >= 15 is 0 Å². The fourth-order valence-electron chi connectivity index (χ4n) is 1.61. The SMILES string of the molecule is CC(NCc1csc(Br)c1)c1ccc(Cl)c(Cl)c1. The van der Waals surface area contributed by atoms with Crippen LogP contribution in [0.4, 0.5) is 0 Å². The van der Waals surface area contributed by atoms with Crippen molar-refractivity contribution in [3.05, 3.63) is 54.6 Å². The van der Waals surface area contributed by atoms with E-state index in [9.17, 15) is 0 Å². The van der Waals surface area contributed by atoms with E-state index in [1.54, 1.807) is 11.3 Å². The van der Waals surface area contributed by atoms with Gasteiger partial charge < -0.3 is 5.32 Å². The fourth-order valence-corrected chi connectivity index (χ4v) is 3.12. The van der Waals surface area contributed by atoms with Gasteiger partial charge in [0.05, 0.1) is 13.8 Å². The first-order valence-electron chi connectivity index (χ1n) is 5.47. The molecule has 0 aliphatic heterocycles. The van der Waals surface area contributed by atoms with Crippen molar-refractivity contribution < 1.29 is 0 Å². The second kappa shape index (κ2) is 6.40. The van der Waals surface area contributed by atoms with Gasteiger partial charge in [-0.05, 0) is 57.6 Å². The first-order chi connectivity index (χ1) is 8.56. The molecule has 0 saturated heterocycles. The Hall–Kier alpha value is -0.0600. The second-order valence-electron chi connectivity index (χ2n) is 4.04. The zero-order valence-corrected chi connectivity index (χ0v) is 13.6. The molecular formula is C13H12BrCl2NS. The molecule has 1 nitrogen and oxygen atoms in total. The average Bonchev–Trinajstić information content (AvgIpc) is 2.75. The minimum atomic E-state index is 0.235. The van der Waals surface area contributed by atoms with Crippen molar-refractivity contribution in [2.45, 2.75) is 19.5 Å². The van der Waals surface area contributed by atoms with Crippen molar-refractivity contribution in [3.63, 3.8) is 0 Å². The van der Waals surface area contributed by atoms with E-state index in [2.05, 4.69) is 39.6 Å². The number of halogens is 3. The maximum atomic E-state index is 6.01. The van der Waals surface area contributed by atoms with Crippen molar-refractivity contribution in [2.75, 3.05) is 0 Å². The van der Waals surface area contributed by atoms with Crippen LogP contribution >= 0.6 is 50.5 Å². The van der Waals surface area contributed by atoms with Crippen LogP contribution in [0, 0.1) is 0 Å². The molecule has 5 heteroatoms. The predicted octanol–water partition coefficient (Wildman–Crippen LogP) is 5.67. The lowest BCUT2D eigenvalue weighted by atomic mass is 10.1. The van der Waals surface area contributed by atoms with Crippen molar-refractivity contribution >= 4 is 50.5 Å². The van der Waals surface area contributed by atoms with Gasteiger partial charge in [-0.25, -0.2) is 0 Å². The molecule has 2 aromatic rings. The number of hydrogen-bond acceptors (Lipinski definition) is 2. The first-order valence-corrected chi connectivity index (χ1v) is 7.90. The molecule has 18 heavy (non-hydrogen) atoms. The van der Waals surface area contributed by atoms with Gasteiger partial charge in [-0.3, -0.25) is 0 Å². The summed E-state index contributed by atoms with van der Waals surface area (Å²) < 4.78 is 1.15. The molecule has 0 fully saturated rings. The molecule has 96 valence electrons. The lowest BCUT2D eigenvalue weighted by Crippen LogP contribution is -2.17. The van der Waals surface area contributed by atoms with Gasteiger partial charge in [-0.2, -0.15) is 0 Å². The highest BCUT2D eigenvalue weighted by molar-refractivity contribution is 9.11. The first kappa shape index (κ1) is 14.4. The van der Waals surface area contributed by atoms with Crippen LogP contribution in [0.5, 0.6) is 0 Å². The monoisotopic (exact) mass is 363 g/mol. The molecule has 0 saturated carbocycles. The molecule has 0 bridgehead atoms. The van der Waals surface area contributed by atoms with Gasteiger partial charge in [-0.15, -0.1) is 11.3 Å². The molecule has 0 radical (unpaired) electrons. The lowest BCUT2D eigenvalue weighted by molar-refractivity contribution is 0.575. The summed E-state index contributed by atoms with van der Waals surface area (Å²) in [5.74, 6) is 0. The molecule has 0 amide bonds. The third kappa shape index (κ3) is 3.72. The number of hydrogen-bond donors (Lipinski definition) is 1. The molecule has 0 spiro atoms. The summed E-state index contributed by atoms with van der Waals surface area (Å²) in [6.45, 7) is 2.95. The van der Waals surface area contributed by atoms with Crippen LogP contribution in [0.1, 0.15) is 24.1 Å². The summed E-state index contributed by atoms with van der Waals surface area (Å²) >= 11 is 17.1. The Morgan fingerprint density at radius 3 is 2.67 bits per heavy atom. The van der Waals surface area contributed by atoms with Crippen LogP contribution in [0.25, 0.3) is 0 Å². The van der Waals surface area contributed by atoms with Crippen LogP contribution < -0.4 is 5.32 Å². The Labute approximate surface area is 129 Å². The Kier molecular flexibility index (Phi) is 5.10. The summed E-state index contributed by atoms with van der Waals surface area (Å²) in [6.07, 6.45) is 0. The average molecular weight is 365 g/mol. The van der Waals surface area contributed by atoms with Gasteiger partial charge >= 0.3 is 0 Å². The van der Waals surface area contributed by atoms with Crippen LogP contribution in [-0.2, 0) is 6.54 Å². The fraction of sp³-hybridized carbons (Fsp3) is 0.231. The molecule has 1 N–H and O–H groups in total. The highest BCUT2D eigenvalue weighted by Crippen LogP contribution is 2.26. The summed E-state index contributed by atoms with van der Waals surface area (Å²) in [5.41, 5.74) is 2.41. The van der Waals surface area contributed by atoms with Crippen LogP contribution in [-0.4, -0.2) is 0 Å². The topological polar surface area (TPSA) is 12.0 Å². The lowest BCUT2D eigenvalue weighted by Gasteiger charge is -2.14. The van der Waals surface area contributed by atoms with Gasteiger partial charge in [-0.1, -0.05) is 29.3 Å². The largest absolute Gasteiger partial charge is 0.306 e. The van der Waals surface area contributed by atoms with Crippen LogP contribution in [0.3, 0.4) is 0 Å². The zero-order chi connectivity index (χ0) is 13.1. The minimum absolute atomic E-state index is 0.235. The third-order valence-corrected chi connectivity index (χ3v) is 4.97. The van der Waals surface area contributed by atoms with Gasteiger partial charge in [0.2, 0.25) is 0 Å². The van der Waals surface area contributed by atoms with Crippen molar-refractivity contribution in [3.8, 4) is 0 Å². The van der Waals surface area contributed by atoms with Gasteiger partial charge in [0.25, 0.3) is 0 Å². The molecule has 1 aromatic heterocycles. The van der Waals surface area contributed by atoms with Crippen molar-refractivity contribution in [1.29, 1.82) is 0 Å². The van der Waals surface area contributed by atoms with Crippen LogP contribution in [0.2, 0.25) is 10.0 Å². The molecule has 0 aliphatic carbocycles. The molecule has 1 heterocycles. The summed E-state index contributed by atoms with van der Waals surface area (Å²) in [5, 5.41) is 6.79. The highest BCUT2D eigenvalue weighted by Gasteiger charge is 2.07. The third-order valence-electron chi connectivity index (χ3n) is 2.68. The second-order valence-corrected chi connectivity index (χ2v) is 7.14. The minimum Gasteiger partial charge on any atom is -0.306 e. The van der Waals surface area contributed by atoms with Gasteiger partial charge in [0.15, 0.2) is 0 Å². The number of rotatable bonds is 4. The van der Waals surface area contributed by atoms with E-state index in [-0.39, 0.29) is 6.04 Å². The molecule has 2 rings (SSSR count). The Morgan fingerprint density at radius 1 is 1.28 bits per heavy atom. The van der Waals surface area contributed by atoms with Gasteiger partial charge in [0, 0.05) is 12.6 Å². The standard InChI is InChI=1S/C13H12BrCl2NS/c1-8(10-2-3-11(15)12(16)5-10)17-6-9-4-13(14)18-7-9/h2-5,7-8,17H,6H2,1H3. The molecule has 1 aromatic carbocycles. The van der Waals surface area contributed by atoms with E-state index in [0.717, 1.165) is 15.9 Å². The Balaban J connectivity index is 1.99. The summed E-state index contributed by atoms with van der Waals surface area (Å²) in [4.78, 5) is 0. The Morgan fingerprint density at radius 2 is 2.06 bits per heavy atom. The summed E-state index contributed by atoms with van der Waals surface area (Å²) in [6, 6.07) is 8.09. The maximum Gasteiger partial charge on any atom is 0.0701 e. The maximum absolute atomic E-state index is 6.01. The predicted molar refractivity (Wildman–Crippen MR) is 83.7 cm³/mol. The number of thiophene rings is 1. The van der Waals surface area contributed by atoms with E-state index in [1.165, 1.54) is 5.56 Å². The van der Waals surface area contributed by atoms with Crippen molar-refractivity contribution in [1.82, 2.24) is 5.32 Å². The smallest absolute Gasteiger partial charge is 0.0701 e. The molecule has 1 unspecified atom stereocenters. The van der Waals surface area contributed by atoms with E-state index in [1.807, 2.05) is 18.2 Å². The van der Waals surface area contributed by atoms with E-state index < -0.39 is 0 Å². The van der Waals surface area contributed by atoms with E-state index in [0.29, 0.717) is 10.0 Å². The molecule has 1 atom stereocenters. The van der Waals surface area contributed by atoms with Crippen LogP contribution in [0.15, 0.2) is 33.4 Å². The highest BCUT2D eigenvalue weighted by atomic mass is 79.9.